The molecular weight excluding hydrogens is 466 g/mol. The van der Waals surface area contributed by atoms with Crippen LogP contribution in [0.2, 0.25) is 5.02 Å². The monoisotopic (exact) mass is 485 g/mol. The van der Waals surface area contributed by atoms with Gasteiger partial charge in [0.15, 0.2) is 12.4 Å². The number of amides is 2. The van der Waals surface area contributed by atoms with Crippen LogP contribution in [-0.4, -0.2) is 41.6 Å². The third kappa shape index (κ3) is 3.32. The van der Waals surface area contributed by atoms with Gasteiger partial charge in [0, 0.05) is 22.4 Å². The lowest BCUT2D eigenvalue weighted by Gasteiger charge is -2.45. The predicted molar refractivity (Wildman–Crippen MR) is 127 cm³/mol. The minimum absolute atomic E-state index is 0.235. The van der Waals surface area contributed by atoms with E-state index in [9.17, 15) is 19.2 Å². The summed E-state index contributed by atoms with van der Waals surface area (Å²) in [6.45, 7) is -0.990. The lowest BCUT2D eigenvalue weighted by atomic mass is 9.55. The lowest BCUT2D eigenvalue weighted by molar-refractivity contribution is -0.152. The Labute approximate surface area is 206 Å². The van der Waals surface area contributed by atoms with Gasteiger partial charge >= 0.3 is 5.97 Å². The minimum atomic E-state index is -0.796. The molecule has 4 aliphatic rings. The highest BCUT2D eigenvalue weighted by Crippen LogP contribution is 2.60. The van der Waals surface area contributed by atoms with Crippen molar-refractivity contribution in [2.45, 2.75) is 11.8 Å². The van der Waals surface area contributed by atoms with Crippen molar-refractivity contribution in [3.63, 3.8) is 0 Å². The topological polar surface area (TPSA) is 80.8 Å². The fourth-order valence-electron chi connectivity index (χ4n) is 5.93. The molecule has 174 valence electrons. The summed E-state index contributed by atoms with van der Waals surface area (Å²) < 4.78 is 5.13. The van der Waals surface area contributed by atoms with Gasteiger partial charge in [-0.15, -0.1) is 0 Å². The second-order valence-corrected chi connectivity index (χ2v) is 9.55. The third-order valence-corrected chi connectivity index (χ3v) is 7.61. The molecule has 7 rings (SSSR count). The molecule has 1 saturated heterocycles. The maximum atomic E-state index is 13.5. The highest BCUT2D eigenvalue weighted by atomic mass is 35.5. The number of hydrogen-bond acceptors (Lipinski definition) is 5. The first-order chi connectivity index (χ1) is 17.0. The molecule has 0 aromatic heterocycles. The molecule has 3 aromatic rings. The van der Waals surface area contributed by atoms with Gasteiger partial charge in [-0.2, -0.15) is 0 Å². The third-order valence-electron chi connectivity index (χ3n) is 7.36. The van der Waals surface area contributed by atoms with Crippen LogP contribution in [0.3, 0.4) is 0 Å². The average molecular weight is 486 g/mol. The van der Waals surface area contributed by atoms with E-state index in [1.165, 1.54) is 0 Å². The number of ether oxygens (including phenoxy) is 1. The number of likely N-dealkylation sites (tertiary alicyclic amines) is 1. The number of rotatable bonds is 5. The molecule has 2 amide bonds. The van der Waals surface area contributed by atoms with Crippen LogP contribution >= 0.6 is 11.6 Å². The molecule has 0 radical (unpaired) electrons. The minimum Gasteiger partial charge on any atom is -0.456 e. The number of nitrogens with zero attached hydrogens (tertiary/aromatic N) is 1. The van der Waals surface area contributed by atoms with Gasteiger partial charge in [-0.1, -0.05) is 60.1 Å². The van der Waals surface area contributed by atoms with E-state index in [1.807, 2.05) is 48.5 Å². The molecule has 0 spiro atoms. The Morgan fingerprint density at radius 1 is 0.743 bits per heavy atom. The van der Waals surface area contributed by atoms with Crippen molar-refractivity contribution in [2.24, 2.45) is 11.8 Å². The van der Waals surface area contributed by atoms with Crippen molar-refractivity contribution in [3.8, 4) is 0 Å². The number of Topliss-reactive ketones (excluding diaryl/α,β-unsaturated/α-hetero) is 1. The Hall–Kier alpha value is -3.77. The Morgan fingerprint density at radius 2 is 1.20 bits per heavy atom. The second-order valence-electron chi connectivity index (χ2n) is 9.12. The zero-order valence-corrected chi connectivity index (χ0v) is 19.3. The molecule has 3 aromatic carbocycles. The van der Waals surface area contributed by atoms with Gasteiger partial charge in [-0.05, 0) is 46.5 Å². The van der Waals surface area contributed by atoms with Gasteiger partial charge in [0.2, 0.25) is 11.8 Å². The van der Waals surface area contributed by atoms with Gasteiger partial charge in [-0.25, -0.2) is 0 Å². The van der Waals surface area contributed by atoms with E-state index in [0.29, 0.717) is 10.6 Å². The van der Waals surface area contributed by atoms with Crippen molar-refractivity contribution < 1.29 is 23.9 Å². The summed E-state index contributed by atoms with van der Waals surface area (Å²) in [5.41, 5.74) is 4.62. The molecule has 0 saturated carbocycles. The maximum absolute atomic E-state index is 13.5. The molecule has 1 fully saturated rings. The molecular formula is C28H20ClNO5. The van der Waals surface area contributed by atoms with Gasteiger partial charge in [-0.3, -0.25) is 24.1 Å². The number of halogens is 1. The van der Waals surface area contributed by atoms with Crippen molar-refractivity contribution in [1.29, 1.82) is 0 Å². The predicted octanol–water partition coefficient (Wildman–Crippen LogP) is 3.96. The Morgan fingerprint density at radius 3 is 1.66 bits per heavy atom. The largest absolute Gasteiger partial charge is 0.456 e. The van der Waals surface area contributed by atoms with Crippen molar-refractivity contribution in [2.75, 3.05) is 13.2 Å². The van der Waals surface area contributed by atoms with Gasteiger partial charge in [0.25, 0.3) is 0 Å². The zero-order valence-electron chi connectivity index (χ0n) is 18.5. The molecule has 6 nitrogen and oxygen atoms in total. The number of ketones is 1. The Balaban J connectivity index is 1.23. The summed E-state index contributed by atoms with van der Waals surface area (Å²) in [7, 11) is 0. The van der Waals surface area contributed by atoms with Crippen LogP contribution in [0.4, 0.5) is 0 Å². The smallest absolute Gasteiger partial charge is 0.326 e. The molecule has 7 heteroatoms. The van der Waals surface area contributed by atoms with Gasteiger partial charge in [0.1, 0.15) is 6.54 Å². The average Bonchev–Trinajstić information content (AvgIpc) is 3.13. The van der Waals surface area contributed by atoms with Gasteiger partial charge in [0.05, 0.1) is 11.8 Å². The molecule has 2 bridgehead atoms. The fourth-order valence-corrected chi connectivity index (χ4v) is 6.06. The van der Waals surface area contributed by atoms with E-state index in [-0.39, 0.29) is 23.7 Å². The standard InChI is InChI=1S/C28H20ClNO5/c29-16-11-9-15(10-12-16)21(31)14-35-22(32)13-30-27(33)25-23-17-5-1-2-6-18(17)24(26(25)28(30)34)20-8-4-3-7-19(20)23/h1-12,23-26H,13-14H2/t23?,24?,25-,26-/m0/s1. The Kier molecular flexibility index (Phi) is 5.07. The summed E-state index contributed by atoms with van der Waals surface area (Å²) in [6, 6.07) is 22.1. The van der Waals surface area contributed by atoms with E-state index < -0.39 is 36.7 Å². The van der Waals surface area contributed by atoms with E-state index in [4.69, 9.17) is 16.3 Å². The van der Waals surface area contributed by atoms with Crippen LogP contribution in [0.25, 0.3) is 0 Å². The SMILES string of the molecule is O=C(CN1C(=O)[C@H]2C3c4ccccc4C(c4ccccc43)[C@@H]2C1=O)OCC(=O)c1ccc(Cl)cc1. The highest BCUT2D eigenvalue weighted by Gasteiger charge is 2.61. The van der Waals surface area contributed by atoms with E-state index in [0.717, 1.165) is 27.2 Å². The number of carbonyl (C=O) groups is 4. The van der Waals surface area contributed by atoms with Crippen LogP contribution in [0.5, 0.6) is 0 Å². The van der Waals surface area contributed by atoms with Crippen LogP contribution in [0.1, 0.15) is 44.4 Å². The number of carbonyl (C=O) groups excluding carboxylic acids is 4. The van der Waals surface area contributed by atoms with E-state index >= 15 is 0 Å². The van der Waals surface area contributed by atoms with Crippen LogP contribution in [0.15, 0.2) is 72.8 Å². The summed E-state index contributed by atoms with van der Waals surface area (Å²) in [5, 5.41) is 0.490. The van der Waals surface area contributed by atoms with Crippen molar-refractivity contribution in [3.05, 3.63) is 106 Å². The van der Waals surface area contributed by atoms with Crippen LogP contribution in [0, 0.1) is 11.8 Å². The quantitative estimate of drug-likeness (QED) is 0.310. The molecule has 0 unspecified atom stereocenters. The van der Waals surface area contributed by atoms with Crippen molar-refractivity contribution in [1.82, 2.24) is 4.90 Å². The molecule has 3 aliphatic carbocycles. The molecule has 1 heterocycles. The first-order valence-corrected chi connectivity index (χ1v) is 11.8. The molecule has 0 N–H and O–H groups in total. The fraction of sp³-hybridized carbons (Fsp3) is 0.214. The molecule has 1 aliphatic heterocycles. The van der Waals surface area contributed by atoms with Crippen LogP contribution < -0.4 is 0 Å². The Bertz CT molecular complexity index is 1280. The number of esters is 1. The summed E-state index contributed by atoms with van der Waals surface area (Å²) in [4.78, 5) is 52.9. The van der Waals surface area contributed by atoms with Crippen LogP contribution in [-0.2, 0) is 19.1 Å². The number of imide groups is 1. The van der Waals surface area contributed by atoms with E-state index in [2.05, 4.69) is 0 Å². The lowest BCUT2D eigenvalue weighted by Crippen LogP contribution is -2.41. The molecule has 35 heavy (non-hydrogen) atoms. The summed E-state index contributed by atoms with van der Waals surface area (Å²) in [6.07, 6.45) is 0. The number of hydrogen-bond donors (Lipinski definition) is 0. The number of benzene rings is 3. The normalized spacial score (nSPS) is 23.5. The second kappa shape index (κ2) is 8.17. The zero-order chi connectivity index (χ0) is 24.3. The summed E-state index contributed by atoms with van der Waals surface area (Å²) >= 11 is 5.84. The maximum Gasteiger partial charge on any atom is 0.326 e. The van der Waals surface area contributed by atoms with Gasteiger partial charge < -0.3 is 4.74 Å². The van der Waals surface area contributed by atoms with E-state index in [1.54, 1.807) is 24.3 Å². The first kappa shape index (κ1) is 21.7. The molecule has 2 atom stereocenters. The highest BCUT2D eigenvalue weighted by molar-refractivity contribution is 6.30. The summed E-state index contributed by atoms with van der Waals surface area (Å²) in [5.74, 6) is -3.49. The van der Waals surface area contributed by atoms with Crippen molar-refractivity contribution >= 4 is 35.2 Å². The first-order valence-electron chi connectivity index (χ1n) is 11.4.